The molecule has 0 saturated heterocycles. The summed E-state index contributed by atoms with van der Waals surface area (Å²) in [5.74, 6) is 1.34. The van der Waals surface area contributed by atoms with Crippen LogP contribution in [0, 0.1) is 0 Å². The van der Waals surface area contributed by atoms with E-state index in [0.717, 1.165) is 12.2 Å². The average Bonchev–Trinajstić information content (AvgIpc) is 2.24. The molecule has 0 radical (unpaired) electrons. The van der Waals surface area contributed by atoms with Crippen molar-refractivity contribution in [2.75, 3.05) is 24.7 Å². The number of aliphatic hydroxyl groups excluding tert-OH is 2. The van der Waals surface area contributed by atoms with Gasteiger partial charge in [0.05, 0.1) is 12.7 Å². The molecule has 1 atom stereocenters. The third-order valence-corrected chi connectivity index (χ3v) is 2.76. The summed E-state index contributed by atoms with van der Waals surface area (Å²) in [7, 11) is 0. The first-order valence-corrected chi connectivity index (χ1v) is 5.89. The maximum absolute atomic E-state index is 9.05. The highest BCUT2D eigenvalue weighted by Crippen LogP contribution is 2.07. The minimum absolute atomic E-state index is 0.188. The highest BCUT2D eigenvalue weighted by atomic mass is 32.2. The largest absolute Gasteiger partial charge is 0.394 e. The minimum atomic E-state index is -0.633. The van der Waals surface area contributed by atoms with E-state index in [2.05, 4.69) is 10.0 Å². The predicted molar refractivity (Wildman–Crippen MR) is 62.8 cm³/mol. The maximum atomic E-state index is 9.05. The molecule has 1 unspecified atom stereocenters. The van der Waals surface area contributed by atoms with Crippen LogP contribution in [-0.4, -0.2) is 41.0 Å². The van der Waals surface area contributed by atoms with Crippen LogP contribution in [-0.2, 0) is 0 Å². The molecule has 86 valence electrons. The van der Waals surface area contributed by atoms with E-state index in [1.54, 1.807) is 11.8 Å². The zero-order chi connectivity index (χ0) is 11.5. The third kappa shape index (κ3) is 9.62. The van der Waals surface area contributed by atoms with Gasteiger partial charge in [-0.05, 0) is 18.9 Å². The summed E-state index contributed by atoms with van der Waals surface area (Å²) >= 11 is 1.56. The van der Waals surface area contributed by atoms with Gasteiger partial charge in [0.15, 0.2) is 0 Å². The van der Waals surface area contributed by atoms with Crippen LogP contribution in [0.2, 0.25) is 0 Å². The Balaban J connectivity index is 3.53. The van der Waals surface area contributed by atoms with E-state index in [1.165, 1.54) is 5.57 Å². The fourth-order valence-corrected chi connectivity index (χ4v) is 1.75. The predicted octanol–water partition coefficient (Wildman–Crippen LogP) is 1.72. The Kier molecular flexibility index (Phi) is 9.41. The van der Waals surface area contributed by atoms with Crippen LogP contribution < -0.4 is 0 Å². The molecule has 2 N–H and O–H groups in total. The van der Waals surface area contributed by atoms with Crippen molar-refractivity contribution < 1.29 is 10.2 Å². The van der Waals surface area contributed by atoms with Gasteiger partial charge in [0.2, 0.25) is 0 Å². The van der Waals surface area contributed by atoms with Crippen molar-refractivity contribution in [2.24, 2.45) is 5.11 Å². The Morgan fingerprint density at radius 2 is 2.40 bits per heavy atom. The van der Waals surface area contributed by atoms with E-state index in [0.29, 0.717) is 12.3 Å². The molecular formula is C9H17N3O2S. The van der Waals surface area contributed by atoms with Crippen molar-refractivity contribution in [2.45, 2.75) is 19.4 Å². The molecule has 0 fully saturated rings. The van der Waals surface area contributed by atoms with Crippen LogP contribution in [0.25, 0.3) is 10.4 Å². The lowest BCUT2D eigenvalue weighted by atomic mass is 10.2. The van der Waals surface area contributed by atoms with Gasteiger partial charge in [0.25, 0.3) is 0 Å². The fraction of sp³-hybridized carbons (Fsp3) is 0.778. The summed E-state index contributed by atoms with van der Waals surface area (Å²) < 4.78 is 0. The van der Waals surface area contributed by atoms with E-state index < -0.39 is 6.10 Å². The number of azide groups is 1. The van der Waals surface area contributed by atoms with Crippen LogP contribution >= 0.6 is 11.8 Å². The van der Waals surface area contributed by atoms with Gasteiger partial charge in [-0.1, -0.05) is 16.8 Å². The van der Waals surface area contributed by atoms with Crippen molar-refractivity contribution in [1.29, 1.82) is 0 Å². The Morgan fingerprint density at radius 3 is 3.00 bits per heavy atom. The lowest BCUT2D eigenvalue weighted by Crippen LogP contribution is -2.14. The first-order chi connectivity index (χ1) is 7.20. The summed E-state index contributed by atoms with van der Waals surface area (Å²) in [6.45, 7) is 2.28. The topological polar surface area (TPSA) is 89.2 Å². The molecular weight excluding hydrogens is 214 g/mol. The Hall–Kier alpha value is -0.680. The second-order valence-electron chi connectivity index (χ2n) is 3.13. The van der Waals surface area contributed by atoms with Crippen LogP contribution in [0.15, 0.2) is 16.8 Å². The van der Waals surface area contributed by atoms with Gasteiger partial charge in [-0.25, -0.2) is 0 Å². The van der Waals surface area contributed by atoms with Gasteiger partial charge in [-0.3, -0.25) is 0 Å². The smallest absolute Gasteiger partial charge is 0.0861 e. The Bertz CT molecular complexity index is 240. The van der Waals surface area contributed by atoms with Gasteiger partial charge in [0.1, 0.15) is 0 Å². The molecule has 0 saturated carbocycles. The molecule has 0 aliphatic rings. The number of nitrogens with zero attached hydrogens (tertiary/aromatic N) is 3. The molecule has 0 aliphatic carbocycles. The number of thioether (sulfide) groups is 1. The molecule has 0 heterocycles. The van der Waals surface area contributed by atoms with E-state index in [1.807, 2.05) is 13.0 Å². The molecule has 0 amide bonds. The zero-order valence-electron chi connectivity index (χ0n) is 8.83. The summed E-state index contributed by atoms with van der Waals surface area (Å²) in [4.78, 5) is 2.67. The summed E-state index contributed by atoms with van der Waals surface area (Å²) in [5.41, 5.74) is 9.24. The van der Waals surface area contributed by atoms with Gasteiger partial charge in [0, 0.05) is 23.0 Å². The van der Waals surface area contributed by atoms with Crippen LogP contribution in [0.4, 0.5) is 0 Å². The average molecular weight is 231 g/mol. The molecule has 0 aliphatic heterocycles. The number of hydrogen-bond acceptors (Lipinski definition) is 4. The number of aliphatic hydroxyl groups is 2. The second kappa shape index (κ2) is 9.86. The fourth-order valence-electron chi connectivity index (χ4n) is 0.831. The Labute approximate surface area is 93.8 Å². The number of hydrogen-bond donors (Lipinski definition) is 2. The molecule has 0 aromatic carbocycles. The molecule has 6 heteroatoms. The normalized spacial score (nSPS) is 13.4. The van der Waals surface area contributed by atoms with Crippen molar-refractivity contribution in [3.63, 3.8) is 0 Å². The SMILES string of the molecule is C/C(=C\CSCC(O)CO)CCN=[N+]=[N-]. The van der Waals surface area contributed by atoms with E-state index in [-0.39, 0.29) is 6.61 Å². The molecule has 0 bridgehead atoms. The molecule has 5 nitrogen and oxygen atoms in total. The van der Waals surface area contributed by atoms with E-state index >= 15 is 0 Å². The maximum Gasteiger partial charge on any atom is 0.0861 e. The first-order valence-electron chi connectivity index (χ1n) is 4.73. The minimum Gasteiger partial charge on any atom is -0.394 e. The van der Waals surface area contributed by atoms with Crippen LogP contribution in [0.5, 0.6) is 0 Å². The van der Waals surface area contributed by atoms with Crippen LogP contribution in [0.3, 0.4) is 0 Å². The third-order valence-electron chi connectivity index (χ3n) is 1.74. The summed E-state index contributed by atoms with van der Waals surface area (Å²) in [5, 5.41) is 21.1. The monoisotopic (exact) mass is 231 g/mol. The molecule has 0 aromatic heterocycles. The van der Waals surface area contributed by atoms with Crippen molar-refractivity contribution in [1.82, 2.24) is 0 Å². The molecule has 0 spiro atoms. The summed E-state index contributed by atoms with van der Waals surface area (Å²) in [6.07, 6.45) is 2.18. The van der Waals surface area contributed by atoms with Crippen molar-refractivity contribution >= 4 is 11.8 Å². The van der Waals surface area contributed by atoms with Gasteiger partial charge in [-0.15, -0.1) is 0 Å². The summed E-state index contributed by atoms with van der Waals surface area (Å²) in [6, 6.07) is 0. The lowest BCUT2D eigenvalue weighted by molar-refractivity contribution is 0.113. The standard InChI is InChI=1S/C9H17N3O2S/c1-8(2-4-11-12-10)3-5-15-7-9(14)6-13/h3,9,13-14H,2,4-7H2,1H3/b8-3+. The van der Waals surface area contributed by atoms with Crippen molar-refractivity contribution in [3.05, 3.63) is 22.1 Å². The van der Waals surface area contributed by atoms with Gasteiger partial charge < -0.3 is 10.2 Å². The highest BCUT2D eigenvalue weighted by Gasteiger charge is 1.99. The van der Waals surface area contributed by atoms with E-state index in [4.69, 9.17) is 15.7 Å². The molecule has 0 aromatic rings. The van der Waals surface area contributed by atoms with Crippen LogP contribution in [0.1, 0.15) is 13.3 Å². The molecule has 0 rings (SSSR count). The quantitative estimate of drug-likeness (QED) is 0.219. The van der Waals surface area contributed by atoms with E-state index in [9.17, 15) is 0 Å². The van der Waals surface area contributed by atoms with Gasteiger partial charge in [-0.2, -0.15) is 11.8 Å². The highest BCUT2D eigenvalue weighted by molar-refractivity contribution is 7.99. The lowest BCUT2D eigenvalue weighted by Gasteiger charge is -2.04. The Morgan fingerprint density at radius 1 is 1.67 bits per heavy atom. The van der Waals surface area contributed by atoms with Gasteiger partial charge >= 0.3 is 0 Å². The number of rotatable bonds is 8. The zero-order valence-corrected chi connectivity index (χ0v) is 9.65. The second-order valence-corrected chi connectivity index (χ2v) is 4.20. The first kappa shape index (κ1) is 14.3. The molecule has 15 heavy (non-hydrogen) atoms. The van der Waals surface area contributed by atoms with Crippen molar-refractivity contribution in [3.8, 4) is 0 Å².